The highest BCUT2D eigenvalue weighted by Gasteiger charge is 2.33. The molecule has 0 unspecified atom stereocenters. The zero-order valence-corrected chi connectivity index (χ0v) is 24.6. The predicted molar refractivity (Wildman–Crippen MR) is 162 cm³/mol. The van der Waals surface area contributed by atoms with Gasteiger partial charge < -0.3 is 14.7 Å². The van der Waals surface area contributed by atoms with Gasteiger partial charge in [-0.3, -0.25) is 4.79 Å². The Balaban J connectivity index is 1.19. The summed E-state index contributed by atoms with van der Waals surface area (Å²) in [5.41, 5.74) is 3.89. The highest BCUT2D eigenvalue weighted by atomic mass is 32.1. The molecule has 0 spiro atoms. The Morgan fingerprint density at radius 1 is 1.02 bits per heavy atom. The summed E-state index contributed by atoms with van der Waals surface area (Å²) >= 11 is 1.78. The maximum Gasteiger partial charge on any atom is 0.230 e. The average molecular weight is 570 g/mol. The van der Waals surface area contributed by atoms with Gasteiger partial charge in [-0.25, -0.2) is 4.98 Å². The summed E-state index contributed by atoms with van der Waals surface area (Å²) in [5, 5.41) is 20.8. The van der Waals surface area contributed by atoms with Crippen molar-refractivity contribution in [2.75, 3.05) is 18.6 Å². The first-order valence-electron chi connectivity index (χ1n) is 15.2. The first-order chi connectivity index (χ1) is 20.0. The summed E-state index contributed by atoms with van der Waals surface area (Å²) in [6.07, 6.45) is 11.3. The topological polar surface area (TPSA) is 86.4 Å². The number of carbonyl (C=O) groups is 1. The number of aromatic nitrogens is 1. The smallest absolute Gasteiger partial charge is 0.230 e. The molecule has 41 heavy (non-hydrogen) atoms. The molecule has 3 saturated carbocycles. The maximum atomic E-state index is 14.0. The van der Waals surface area contributed by atoms with Gasteiger partial charge in [0.1, 0.15) is 11.8 Å². The van der Waals surface area contributed by atoms with E-state index < -0.39 is 0 Å². The Kier molecular flexibility index (Phi) is 8.41. The van der Waals surface area contributed by atoms with Gasteiger partial charge in [-0.05, 0) is 111 Å². The van der Waals surface area contributed by atoms with Crippen molar-refractivity contribution < 1.29 is 14.6 Å². The molecule has 0 radical (unpaired) electrons. The predicted octanol–water partition coefficient (Wildman–Crippen LogP) is 7.43. The number of nitrogens with zero attached hydrogens (tertiary/aromatic N) is 3. The van der Waals surface area contributed by atoms with E-state index in [0.717, 1.165) is 56.3 Å². The fourth-order valence-electron chi connectivity index (χ4n) is 6.64. The van der Waals surface area contributed by atoms with Crippen molar-refractivity contribution in [1.82, 2.24) is 4.98 Å². The molecule has 3 aliphatic carbocycles. The molecular weight excluding hydrogens is 530 g/mol. The number of thiazole rings is 1. The largest absolute Gasteiger partial charge is 0.495 e. The van der Waals surface area contributed by atoms with Crippen LogP contribution in [0.5, 0.6) is 5.75 Å². The molecule has 1 aromatic heterocycles. The fourth-order valence-corrected chi connectivity index (χ4v) is 7.72. The first-order valence-corrected chi connectivity index (χ1v) is 16.0. The van der Waals surface area contributed by atoms with Crippen molar-refractivity contribution in [1.29, 1.82) is 5.26 Å². The van der Waals surface area contributed by atoms with E-state index in [1.807, 2.05) is 18.3 Å². The monoisotopic (exact) mass is 569 g/mol. The molecule has 1 amide bonds. The standard InChI is InChI=1S/C34H39N3O3S/c1-40-31-16-13-26(17-28(31)19-35)23-7-5-22(6-8-23)21-37(34(39)25-11-14-30(38)15-12-25)29-4-2-3-27(18-29)32-20-36-33(41-32)24-9-10-24/h2-4,13,16-18,20,22-25,30,38H,5-12,14-15,21H2,1H3. The van der Waals surface area contributed by atoms with Gasteiger partial charge in [0, 0.05) is 30.3 Å². The van der Waals surface area contributed by atoms with Crippen LogP contribution in [0.4, 0.5) is 5.69 Å². The van der Waals surface area contributed by atoms with Crippen LogP contribution in [0.1, 0.15) is 92.2 Å². The molecule has 0 bridgehead atoms. The molecule has 2 aromatic carbocycles. The number of benzene rings is 2. The van der Waals surface area contributed by atoms with E-state index in [1.165, 1.54) is 28.3 Å². The number of carbonyl (C=O) groups excluding carboxylic acids is 1. The van der Waals surface area contributed by atoms with Gasteiger partial charge in [-0.2, -0.15) is 5.26 Å². The highest BCUT2D eigenvalue weighted by molar-refractivity contribution is 7.15. The number of rotatable bonds is 8. The summed E-state index contributed by atoms with van der Waals surface area (Å²) < 4.78 is 5.33. The molecule has 0 aliphatic heterocycles. The van der Waals surface area contributed by atoms with Gasteiger partial charge in [-0.1, -0.05) is 18.2 Å². The summed E-state index contributed by atoms with van der Waals surface area (Å²) in [4.78, 5) is 21.9. The van der Waals surface area contributed by atoms with Crippen LogP contribution in [0.2, 0.25) is 0 Å². The Morgan fingerprint density at radius 2 is 1.78 bits per heavy atom. The number of ether oxygens (including phenoxy) is 1. The third-order valence-electron chi connectivity index (χ3n) is 9.31. The van der Waals surface area contributed by atoms with E-state index in [9.17, 15) is 15.2 Å². The molecule has 1 heterocycles. The van der Waals surface area contributed by atoms with Crippen molar-refractivity contribution in [3.8, 4) is 22.3 Å². The van der Waals surface area contributed by atoms with Crippen LogP contribution in [0.3, 0.4) is 0 Å². The van der Waals surface area contributed by atoms with Gasteiger partial charge in [0.05, 0.1) is 28.7 Å². The second-order valence-corrected chi connectivity index (χ2v) is 13.2. The van der Waals surface area contributed by atoms with Crippen molar-refractivity contribution >= 4 is 22.9 Å². The van der Waals surface area contributed by atoms with Gasteiger partial charge in [-0.15, -0.1) is 11.3 Å². The van der Waals surface area contributed by atoms with Crippen LogP contribution in [0.25, 0.3) is 10.4 Å². The van der Waals surface area contributed by atoms with Crippen molar-refractivity contribution in [3.05, 3.63) is 64.8 Å². The molecule has 7 heteroatoms. The number of aliphatic hydroxyl groups is 1. The van der Waals surface area contributed by atoms with Crippen LogP contribution < -0.4 is 9.64 Å². The quantitative estimate of drug-likeness (QED) is 0.305. The molecule has 3 fully saturated rings. The third-order valence-corrected chi connectivity index (χ3v) is 10.5. The molecule has 1 N–H and O–H groups in total. The number of aliphatic hydroxyl groups excluding tert-OH is 1. The molecular formula is C34H39N3O3S. The number of hydrogen-bond donors (Lipinski definition) is 1. The molecule has 6 rings (SSSR count). The van der Waals surface area contributed by atoms with E-state index in [4.69, 9.17) is 4.74 Å². The zero-order chi connectivity index (χ0) is 28.3. The number of methoxy groups -OCH3 is 1. The SMILES string of the molecule is COc1ccc(C2CCC(CN(C(=O)C3CCC(O)CC3)c3cccc(-c4cnc(C5CC5)s4)c3)CC2)cc1C#N. The number of amides is 1. The number of hydrogen-bond acceptors (Lipinski definition) is 6. The lowest BCUT2D eigenvalue weighted by Crippen LogP contribution is -2.41. The van der Waals surface area contributed by atoms with Crippen LogP contribution in [0, 0.1) is 23.2 Å². The minimum absolute atomic E-state index is 0.0352. The lowest BCUT2D eigenvalue weighted by atomic mass is 9.78. The van der Waals surface area contributed by atoms with Crippen LogP contribution in [-0.2, 0) is 4.79 Å². The molecule has 0 atom stereocenters. The number of anilines is 1. The van der Waals surface area contributed by atoms with E-state index in [1.54, 1.807) is 18.4 Å². The summed E-state index contributed by atoms with van der Waals surface area (Å²) in [5.74, 6) is 2.27. The Hall–Kier alpha value is -3.21. The molecule has 3 aromatic rings. The molecule has 0 saturated heterocycles. The van der Waals surface area contributed by atoms with Crippen molar-refractivity contribution in [2.24, 2.45) is 11.8 Å². The van der Waals surface area contributed by atoms with E-state index >= 15 is 0 Å². The minimum atomic E-state index is -0.280. The third kappa shape index (κ3) is 6.34. The highest BCUT2D eigenvalue weighted by Crippen LogP contribution is 2.44. The second kappa shape index (κ2) is 12.3. The average Bonchev–Trinajstić information content (AvgIpc) is 3.75. The molecule has 214 valence electrons. The normalized spacial score (nSPS) is 24.4. The van der Waals surface area contributed by atoms with Crippen LogP contribution in [0.15, 0.2) is 48.7 Å². The van der Waals surface area contributed by atoms with E-state index in [2.05, 4.69) is 46.3 Å². The van der Waals surface area contributed by atoms with Gasteiger partial charge >= 0.3 is 0 Å². The van der Waals surface area contributed by atoms with Crippen molar-refractivity contribution in [3.63, 3.8) is 0 Å². The maximum absolute atomic E-state index is 14.0. The van der Waals surface area contributed by atoms with Crippen LogP contribution in [-0.4, -0.2) is 35.8 Å². The first kappa shape index (κ1) is 27.9. The Labute approximate surface area is 247 Å². The fraction of sp³-hybridized carbons (Fsp3) is 0.500. The van der Waals surface area contributed by atoms with Crippen molar-refractivity contribution in [2.45, 2.75) is 82.1 Å². The van der Waals surface area contributed by atoms with Crippen LogP contribution >= 0.6 is 11.3 Å². The van der Waals surface area contributed by atoms with Gasteiger partial charge in [0.15, 0.2) is 0 Å². The summed E-state index contributed by atoms with van der Waals surface area (Å²) in [6, 6.07) is 16.7. The number of nitriles is 1. The molecule has 6 nitrogen and oxygen atoms in total. The van der Waals surface area contributed by atoms with Gasteiger partial charge in [0.25, 0.3) is 0 Å². The second-order valence-electron chi connectivity index (χ2n) is 12.1. The van der Waals surface area contributed by atoms with Gasteiger partial charge in [0.2, 0.25) is 5.91 Å². The Morgan fingerprint density at radius 3 is 2.49 bits per heavy atom. The molecule has 3 aliphatic rings. The zero-order valence-electron chi connectivity index (χ0n) is 23.8. The Bertz CT molecular complexity index is 1410. The van der Waals surface area contributed by atoms with E-state index in [-0.39, 0.29) is 17.9 Å². The lowest BCUT2D eigenvalue weighted by molar-refractivity contribution is -0.124. The summed E-state index contributed by atoms with van der Waals surface area (Å²) in [6.45, 7) is 0.718. The summed E-state index contributed by atoms with van der Waals surface area (Å²) in [7, 11) is 1.60. The van der Waals surface area contributed by atoms with E-state index in [0.29, 0.717) is 41.9 Å². The lowest BCUT2D eigenvalue weighted by Gasteiger charge is -2.36. The minimum Gasteiger partial charge on any atom is -0.495 e.